The quantitative estimate of drug-likeness (QED) is 0.857. The van der Waals surface area contributed by atoms with Gasteiger partial charge in [-0.05, 0) is 12.6 Å². The molecular formula is C15H18ClN5O. The molecule has 1 amide bonds. The molecule has 0 atom stereocenters. The number of carbonyl (C=O) groups is 1. The molecule has 1 saturated heterocycles. The third-order valence-electron chi connectivity index (χ3n) is 3.84. The average Bonchev–Trinajstić information content (AvgIpc) is 2.89. The maximum Gasteiger partial charge on any atom is 0.277 e. The number of benzene rings is 1. The van der Waals surface area contributed by atoms with Crippen LogP contribution in [-0.4, -0.2) is 63.9 Å². The Morgan fingerprint density at radius 1 is 1.18 bits per heavy atom. The van der Waals surface area contributed by atoms with Gasteiger partial charge >= 0.3 is 0 Å². The van der Waals surface area contributed by atoms with Crippen molar-refractivity contribution in [2.75, 3.05) is 33.2 Å². The number of amides is 1. The fourth-order valence-corrected chi connectivity index (χ4v) is 2.66. The summed E-state index contributed by atoms with van der Waals surface area (Å²) in [4.78, 5) is 16.5. The number of hydrogen-bond donors (Lipinski definition) is 0. The van der Waals surface area contributed by atoms with E-state index in [1.54, 1.807) is 9.58 Å². The molecule has 1 aliphatic rings. The molecular weight excluding hydrogens is 302 g/mol. The standard InChI is InChI=1S/C15H18ClN5O/c1-19-7-9-20(10-8-19)15(22)13-14(16)21(18-17-13)11-12-5-3-2-4-6-12/h2-6H,7-11H2,1H3. The van der Waals surface area contributed by atoms with Crippen molar-refractivity contribution in [3.8, 4) is 0 Å². The second kappa shape index (κ2) is 6.46. The van der Waals surface area contributed by atoms with E-state index in [4.69, 9.17) is 11.6 Å². The van der Waals surface area contributed by atoms with Gasteiger partial charge in [0.05, 0.1) is 6.54 Å². The first kappa shape index (κ1) is 15.0. The van der Waals surface area contributed by atoms with Crippen LogP contribution in [0.5, 0.6) is 0 Å². The third-order valence-corrected chi connectivity index (χ3v) is 4.22. The van der Waals surface area contributed by atoms with Crippen LogP contribution < -0.4 is 0 Å². The SMILES string of the molecule is CN1CCN(C(=O)c2nnn(Cc3ccccc3)c2Cl)CC1. The lowest BCUT2D eigenvalue weighted by Crippen LogP contribution is -2.47. The van der Waals surface area contributed by atoms with Crippen LogP contribution in [0.25, 0.3) is 0 Å². The van der Waals surface area contributed by atoms with E-state index in [-0.39, 0.29) is 11.6 Å². The predicted octanol–water partition coefficient (Wildman–Crippen LogP) is 1.37. The van der Waals surface area contributed by atoms with Crippen LogP contribution >= 0.6 is 11.6 Å². The molecule has 0 aliphatic carbocycles. The first-order valence-corrected chi connectivity index (χ1v) is 7.63. The molecule has 3 rings (SSSR count). The van der Waals surface area contributed by atoms with Crippen molar-refractivity contribution in [1.82, 2.24) is 24.8 Å². The Bertz CT molecular complexity index is 649. The van der Waals surface area contributed by atoms with Crippen LogP contribution in [0.1, 0.15) is 16.1 Å². The molecule has 0 unspecified atom stereocenters. The van der Waals surface area contributed by atoms with Gasteiger partial charge in [0.1, 0.15) is 0 Å². The number of likely N-dealkylation sites (N-methyl/N-ethyl adjacent to an activating group) is 1. The molecule has 1 aromatic carbocycles. The Balaban J connectivity index is 1.74. The summed E-state index contributed by atoms with van der Waals surface area (Å²) in [6.45, 7) is 3.61. The van der Waals surface area contributed by atoms with Gasteiger partial charge in [-0.25, -0.2) is 4.68 Å². The van der Waals surface area contributed by atoms with Gasteiger partial charge in [-0.2, -0.15) is 0 Å². The summed E-state index contributed by atoms with van der Waals surface area (Å²) in [6.07, 6.45) is 0. The van der Waals surface area contributed by atoms with Crippen molar-refractivity contribution >= 4 is 17.5 Å². The molecule has 6 nitrogen and oxygen atoms in total. The number of halogens is 1. The lowest BCUT2D eigenvalue weighted by Gasteiger charge is -2.31. The number of aromatic nitrogens is 3. The lowest BCUT2D eigenvalue weighted by atomic mass is 10.2. The fraction of sp³-hybridized carbons (Fsp3) is 0.400. The van der Waals surface area contributed by atoms with Crippen molar-refractivity contribution in [2.24, 2.45) is 0 Å². The zero-order chi connectivity index (χ0) is 15.5. The highest BCUT2D eigenvalue weighted by atomic mass is 35.5. The van der Waals surface area contributed by atoms with Gasteiger partial charge in [0.2, 0.25) is 0 Å². The van der Waals surface area contributed by atoms with Gasteiger partial charge in [-0.3, -0.25) is 4.79 Å². The first-order chi connectivity index (χ1) is 10.6. The maximum atomic E-state index is 12.5. The second-order valence-electron chi connectivity index (χ2n) is 5.47. The molecule has 0 spiro atoms. The topological polar surface area (TPSA) is 54.3 Å². The van der Waals surface area contributed by atoms with E-state index in [1.807, 2.05) is 37.4 Å². The van der Waals surface area contributed by atoms with Gasteiger partial charge in [0, 0.05) is 26.2 Å². The van der Waals surface area contributed by atoms with E-state index in [9.17, 15) is 4.79 Å². The van der Waals surface area contributed by atoms with Gasteiger partial charge in [-0.15, -0.1) is 5.10 Å². The van der Waals surface area contributed by atoms with Crippen molar-refractivity contribution in [1.29, 1.82) is 0 Å². The highest BCUT2D eigenvalue weighted by molar-refractivity contribution is 6.32. The lowest BCUT2D eigenvalue weighted by molar-refractivity contribution is 0.0658. The van der Waals surface area contributed by atoms with Crippen molar-refractivity contribution < 1.29 is 4.79 Å². The summed E-state index contributed by atoms with van der Waals surface area (Å²) < 4.78 is 1.56. The first-order valence-electron chi connectivity index (χ1n) is 7.26. The Morgan fingerprint density at radius 2 is 1.86 bits per heavy atom. The van der Waals surface area contributed by atoms with Gasteiger partial charge < -0.3 is 9.80 Å². The van der Waals surface area contributed by atoms with E-state index in [2.05, 4.69) is 15.2 Å². The average molecular weight is 320 g/mol. The normalized spacial score (nSPS) is 16.0. The number of carbonyl (C=O) groups excluding carboxylic acids is 1. The van der Waals surface area contributed by atoms with Crippen molar-refractivity contribution in [3.63, 3.8) is 0 Å². The summed E-state index contributed by atoms with van der Waals surface area (Å²) in [6, 6.07) is 9.83. The molecule has 1 fully saturated rings. The van der Waals surface area contributed by atoms with Gasteiger partial charge in [0.25, 0.3) is 5.91 Å². The Morgan fingerprint density at radius 3 is 2.55 bits per heavy atom. The Kier molecular flexibility index (Phi) is 4.40. The van der Waals surface area contributed by atoms with Crippen LogP contribution in [0, 0.1) is 0 Å². The molecule has 1 aliphatic heterocycles. The number of piperazine rings is 1. The van der Waals surface area contributed by atoms with Crippen LogP contribution in [0.3, 0.4) is 0 Å². The summed E-state index contributed by atoms with van der Waals surface area (Å²) in [5.74, 6) is -0.141. The summed E-state index contributed by atoms with van der Waals surface area (Å²) in [7, 11) is 2.05. The smallest absolute Gasteiger partial charge is 0.277 e. The van der Waals surface area contributed by atoms with E-state index in [0.29, 0.717) is 24.8 Å². The summed E-state index contributed by atoms with van der Waals surface area (Å²) in [5, 5.41) is 8.30. The van der Waals surface area contributed by atoms with E-state index in [0.717, 1.165) is 18.7 Å². The number of nitrogens with zero attached hydrogens (tertiary/aromatic N) is 5. The fourth-order valence-electron chi connectivity index (χ4n) is 2.45. The zero-order valence-corrected chi connectivity index (χ0v) is 13.2. The molecule has 2 heterocycles. The van der Waals surface area contributed by atoms with E-state index >= 15 is 0 Å². The summed E-state index contributed by atoms with van der Waals surface area (Å²) in [5.41, 5.74) is 1.30. The monoisotopic (exact) mass is 319 g/mol. The zero-order valence-electron chi connectivity index (χ0n) is 12.4. The van der Waals surface area contributed by atoms with Crippen molar-refractivity contribution in [3.05, 3.63) is 46.7 Å². The second-order valence-corrected chi connectivity index (χ2v) is 5.83. The minimum atomic E-state index is -0.141. The molecule has 0 radical (unpaired) electrons. The van der Waals surface area contributed by atoms with Gasteiger partial charge in [-0.1, -0.05) is 47.1 Å². The molecule has 7 heteroatoms. The molecule has 2 aromatic rings. The minimum absolute atomic E-state index is 0.141. The van der Waals surface area contributed by atoms with Gasteiger partial charge in [0.15, 0.2) is 10.8 Å². The minimum Gasteiger partial charge on any atom is -0.335 e. The molecule has 0 saturated carbocycles. The third kappa shape index (κ3) is 3.13. The number of rotatable bonds is 3. The predicted molar refractivity (Wildman–Crippen MR) is 84.0 cm³/mol. The number of hydrogen-bond acceptors (Lipinski definition) is 4. The summed E-state index contributed by atoms with van der Waals surface area (Å²) >= 11 is 6.30. The molecule has 0 N–H and O–H groups in total. The van der Waals surface area contributed by atoms with Crippen LogP contribution in [0.15, 0.2) is 30.3 Å². The largest absolute Gasteiger partial charge is 0.335 e. The maximum absolute atomic E-state index is 12.5. The molecule has 1 aromatic heterocycles. The van der Waals surface area contributed by atoms with Crippen molar-refractivity contribution in [2.45, 2.75) is 6.54 Å². The van der Waals surface area contributed by atoms with Crippen LogP contribution in [0.4, 0.5) is 0 Å². The Labute approximate surface area is 134 Å². The van der Waals surface area contributed by atoms with Crippen LogP contribution in [-0.2, 0) is 6.54 Å². The highest BCUT2D eigenvalue weighted by Crippen LogP contribution is 2.17. The molecule has 22 heavy (non-hydrogen) atoms. The molecule has 0 bridgehead atoms. The Hall–Kier alpha value is -1.92. The van der Waals surface area contributed by atoms with Crippen LogP contribution in [0.2, 0.25) is 5.15 Å². The van der Waals surface area contributed by atoms with E-state index < -0.39 is 0 Å². The highest BCUT2D eigenvalue weighted by Gasteiger charge is 2.26. The molecule has 116 valence electrons. The van der Waals surface area contributed by atoms with E-state index in [1.165, 1.54) is 0 Å².